The zero-order valence-corrected chi connectivity index (χ0v) is 27.0. The van der Waals surface area contributed by atoms with Crippen LogP contribution in [0.15, 0.2) is 118 Å². The number of ether oxygens (including phenoxy) is 2. The molecule has 0 N–H and O–H groups in total. The first-order valence-corrected chi connectivity index (χ1v) is 16.7. The molecule has 0 bridgehead atoms. The van der Waals surface area contributed by atoms with Gasteiger partial charge in [0.1, 0.15) is 11.5 Å². The van der Waals surface area contributed by atoms with Gasteiger partial charge in [-0.3, -0.25) is 0 Å². The zero-order chi connectivity index (χ0) is 31.4. The van der Waals surface area contributed by atoms with Crippen molar-refractivity contribution in [3.05, 3.63) is 108 Å². The maximum absolute atomic E-state index is 5.90. The first kappa shape index (κ1) is 33.6. The molecule has 4 aromatic rings. The minimum Gasteiger partial charge on any atom is -0.494 e. The van der Waals surface area contributed by atoms with E-state index in [0.29, 0.717) is 13.2 Å². The summed E-state index contributed by atoms with van der Waals surface area (Å²) in [5.74, 6) is 1.69. The van der Waals surface area contributed by atoms with E-state index in [0.717, 1.165) is 66.4 Å². The van der Waals surface area contributed by atoms with Gasteiger partial charge in [-0.2, -0.15) is 20.5 Å². The van der Waals surface area contributed by atoms with Crippen LogP contribution in [0.1, 0.15) is 82.8 Å². The van der Waals surface area contributed by atoms with Gasteiger partial charge in [0.05, 0.1) is 36.0 Å². The molecule has 0 unspecified atom stereocenters. The molecule has 236 valence electrons. The molecule has 0 radical (unpaired) electrons. The number of nitrogens with zero attached hydrogens (tertiary/aromatic N) is 4. The van der Waals surface area contributed by atoms with Gasteiger partial charge in [-0.25, -0.2) is 0 Å². The molecule has 6 nitrogen and oxygen atoms in total. The molecule has 0 saturated carbocycles. The lowest BCUT2D eigenvalue weighted by atomic mass is 10.1. The van der Waals surface area contributed by atoms with Crippen LogP contribution in [0, 0.1) is 0 Å². The van der Waals surface area contributed by atoms with Crippen LogP contribution in [0.3, 0.4) is 0 Å². The number of hydrogen-bond acceptors (Lipinski definition) is 6. The van der Waals surface area contributed by atoms with E-state index in [4.69, 9.17) is 9.47 Å². The number of benzene rings is 4. The standard InChI is InChI=1S/C39H48N4O2/c1-3-5-8-12-32-14-18-34(19-15-32)40-42-36-22-26-38(27-23-36)44-30-10-7-11-31-45-39-28-24-37(25-29-39)43-41-35-20-16-33(17-21-35)13-9-6-4-2/h14-29H,3-13,30-31H2,1-2H3. The Morgan fingerprint density at radius 1 is 0.378 bits per heavy atom. The van der Waals surface area contributed by atoms with Crippen molar-refractivity contribution in [3.63, 3.8) is 0 Å². The predicted octanol–water partition coefficient (Wildman–Crippen LogP) is 12.6. The van der Waals surface area contributed by atoms with E-state index in [9.17, 15) is 0 Å². The molecule has 0 amide bonds. The van der Waals surface area contributed by atoms with Crippen LogP contribution in [0.25, 0.3) is 0 Å². The molecular formula is C39H48N4O2. The van der Waals surface area contributed by atoms with Crippen LogP contribution in [0.5, 0.6) is 11.5 Å². The van der Waals surface area contributed by atoms with Gasteiger partial charge in [0.2, 0.25) is 0 Å². The summed E-state index contributed by atoms with van der Waals surface area (Å²) in [5.41, 5.74) is 6.07. The molecule has 0 aliphatic heterocycles. The van der Waals surface area contributed by atoms with Crippen LogP contribution in [0.2, 0.25) is 0 Å². The van der Waals surface area contributed by atoms with Gasteiger partial charge in [-0.15, -0.1) is 0 Å². The van der Waals surface area contributed by atoms with Crippen LogP contribution >= 0.6 is 0 Å². The van der Waals surface area contributed by atoms with E-state index in [1.807, 2.05) is 72.8 Å². The van der Waals surface area contributed by atoms with Crippen molar-refractivity contribution in [2.75, 3.05) is 13.2 Å². The molecule has 0 atom stereocenters. The SMILES string of the molecule is CCCCCc1ccc(N=Nc2ccc(OCCCCCOc3ccc(N=Nc4ccc(CCCCC)cc4)cc3)cc2)cc1. The highest BCUT2D eigenvalue weighted by molar-refractivity contribution is 5.44. The molecule has 0 fully saturated rings. The highest BCUT2D eigenvalue weighted by Crippen LogP contribution is 2.24. The summed E-state index contributed by atoms with van der Waals surface area (Å²) in [6.45, 7) is 5.81. The van der Waals surface area contributed by atoms with Gasteiger partial charge in [0.15, 0.2) is 0 Å². The number of rotatable bonds is 20. The van der Waals surface area contributed by atoms with Crippen LogP contribution in [0.4, 0.5) is 22.7 Å². The normalized spacial score (nSPS) is 11.4. The summed E-state index contributed by atoms with van der Waals surface area (Å²) in [6.07, 6.45) is 12.7. The lowest BCUT2D eigenvalue weighted by Gasteiger charge is -2.08. The fourth-order valence-electron chi connectivity index (χ4n) is 4.83. The van der Waals surface area contributed by atoms with E-state index in [1.54, 1.807) is 0 Å². The van der Waals surface area contributed by atoms with Crippen LogP contribution in [-0.4, -0.2) is 13.2 Å². The molecule has 0 spiro atoms. The number of aryl methyl sites for hydroxylation is 2. The number of azo groups is 2. The first-order chi connectivity index (χ1) is 22.2. The van der Waals surface area contributed by atoms with Crippen molar-refractivity contribution in [1.82, 2.24) is 0 Å². The minimum atomic E-state index is 0.673. The van der Waals surface area contributed by atoms with Crippen molar-refractivity contribution >= 4 is 22.7 Å². The summed E-state index contributed by atoms with van der Waals surface area (Å²) >= 11 is 0. The maximum Gasteiger partial charge on any atom is 0.119 e. The van der Waals surface area contributed by atoms with Gasteiger partial charge < -0.3 is 9.47 Å². The van der Waals surface area contributed by atoms with Crippen LogP contribution < -0.4 is 9.47 Å². The largest absolute Gasteiger partial charge is 0.494 e. The van der Waals surface area contributed by atoms with Crippen LogP contribution in [-0.2, 0) is 12.8 Å². The Morgan fingerprint density at radius 3 is 1.04 bits per heavy atom. The Balaban J connectivity index is 1.06. The molecule has 6 heteroatoms. The summed E-state index contributed by atoms with van der Waals surface area (Å²) in [4.78, 5) is 0. The summed E-state index contributed by atoms with van der Waals surface area (Å²) in [6, 6.07) is 32.3. The Hall–Kier alpha value is -4.32. The first-order valence-electron chi connectivity index (χ1n) is 16.7. The molecule has 4 rings (SSSR count). The second kappa shape index (κ2) is 19.9. The Bertz CT molecular complexity index is 1300. The summed E-state index contributed by atoms with van der Waals surface area (Å²) in [7, 11) is 0. The summed E-state index contributed by atoms with van der Waals surface area (Å²) < 4.78 is 11.8. The van der Waals surface area contributed by atoms with E-state index in [1.165, 1.54) is 49.7 Å². The fraction of sp³-hybridized carbons (Fsp3) is 0.385. The smallest absolute Gasteiger partial charge is 0.119 e. The van der Waals surface area contributed by atoms with Gasteiger partial charge in [-0.05, 0) is 129 Å². The molecule has 0 aliphatic rings. The molecule has 0 aromatic heterocycles. The Kier molecular flexibility index (Phi) is 14.8. The molecular weight excluding hydrogens is 556 g/mol. The predicted molar refractivity (Wildman–Crippen MR) is 185 cm³/mol. The third-order valence-electron chi connectivity index (χ3n) is 7.57. The van der Waals surface area contributed by atoms with E-state index < -0.39 is 0 Å². The average molecular weight is 605 g/mol. The molecule has 0 aliphatic carbocycles. The molecule has 4 aromatic carbocycles. The zero-order valence-electron chi connectivity index (χ0n) is 27.0. The molecule has 45 heavy (non-hydrogen) atoms. The van der Waals surface area contributed by atoms with Crippen molar-refractivity contribution < 1.29 is 9.47 Å². The van der Waals surface area contributed by atoms with Crippen molar-refractivity contribution in [2.24, 2.45) is 20.5 Å². The quantitative estimate of drug-likeness (QED) is 0.0744. The van der Waals surface area contributed by atoms with Crippen molar-refractivity contribution in [1.29, 1.82) is 0 Å². The van der Waals surface area contributed by atoms with E-state index in [2.05, 4.69) is 58.6 Å². The second-order valence-electron chi connectivity index (χ2n) is 11.4. The third kappa shape index (κ3) is 13.1. The highest BCUT2D eigenvalue weighted by Gasteiger charge is 2.00. The fourth-order valence-corrected chi connectivity index (χ4v) is 4.83. The Morgan fingerprint density at radius 2 is 0.711 bits per heavy atom. The lowest BCUT2D eigenvalue weighted by Crippen LogP contribution is -2.00. The Labute approximate surface area is 269 Å². The minimum absolute atomic E-state index is 0.673. The van der Waals surface area contributed by atoms with Gasteiger partial charge >= 0.3 is 0 Å². The monoisotopic (exact) mass is 604 g/mol. The molecule has 0 saturated heterocycles. The van der Waals surface area contributed by atoms with Gasteiger partial charge in [0.25, 0.3) is 0 Å². The third-order valence-corrected chi connectivity index (χ3v) is 7.57. The van der Waals surface area contributed by atoms with Gasteiger partial charge in [-0.1, -0.05) is 63.8 Å². The van der Waals surface area contributed by atoms with E-state index in [-0.39, 0.29) is 0 Å². The average Bonchev–Trinajstić information content (AvgIpc) is 3.08. The maximum atomic E-state index is 5.90. The second-order valence-corrected chi connectivity index (χ2v) is 11.4. The topological polar surface area (TPSA) is 67.9 Å². The van der Waals surface area contributed by atoms with Gasteiger partial charge in [0, 0.05) is 0 Å². The number of unbranched alkanes of at least 4 members (excludes halogenated alkanes) is 6. The number of hydrogen-bond donors (Lipinski definition) is 0. The van der Waals surface area contributed by atoms with Crippen molar-refractivity contribution in [3.8, 4) is 11.5 Å². The van der Waals surface area contributed by atoms with Crippen molar-refractivity contribution in [2.45, 2.75) is 84.5 Å². The summed E-state index contributed by atoms with van der Waals surface area (Å²) in [5, 5.41) is 17.5. The molecule has 0 heterocycles. The highest BCUT2D eigenvalue weighted by atomic mass is 16.5. The lowest BCUT2D eigenvalue weighted by molar-refractivity contribution is 0.279. The van der Waals surface area contributed by atoms with E-state index >= 15 is 0 Å².